The van der Waals surface area contributed by atoms with Crippen LogP contribution in [0.1, 0.15) is 27.7 Å². The van der Waals surface area contributed by atoms with Crippen molar-refractivity contribution in [3.8, 4) is 0 Å². The van der Waals surface area contributed by atoms with E-state index in [0.29, 0.717) is 0 Å². The van der Waals surface area contributed by atoms with E-state index in [2.05, 4.69) is 4.72 Å². The molecule has 3 N–H and O–H groups in total. The van der Waals surface area contributed by atoms with Gasteiger partial charge in [0.25, 0.3) is 5.69 Å². The van der Waals surface area contributed by atoms with Crippen molar-refractivity contribution in [1.82, 2.24) is 4.72 Å². The monoisotopic (exact) mass is 301 g/mol. The molecular formula is C12H19N3O4S. The molecule has 0 heterocycles. The largest absolute Gasteiger partial charge is 0.399 e. The highest BCUT2D eigenvalue weighted by molar-refractivity contribution is 7.89. The third kappa shape index (κ3) is 3.67. The van der Waals surface area contributed by atoms with E-state index < -0.39 is 31.6 Å². The molecule has 0 spiro atoms. The number of nitro benzene ring substituents is 1. The van der Waals surface area contributed by atoms with E-state index in [-0.39, 0.29) is 11.1 Å². The molecule has 0 aromatic heterocycles. The van der Waals surface area contributed by atoms with Crippen LogP contribution in [0.5, 0.6) is 0 Å². The minimum Gasteiger partial charge on any atom is -0.399 e. The number of nitro groups is 1. The summed E-state index contributed by atoms with van der Waals surface area (Å²) in [7, 11) is -4.01. The second-order valence-corrected chi connectivity index (χ2v) is 7.38. The molecule has 20 heavy (non-hydrogen) atoms. The molecule has 1 unspecified atom stereocenters. The maximum atomic E-state index is 12.3. The van der Waals surface area contributed by atoms with E-state index in [1.807, 2.05) is 20.8 Å². The molecular weight excluding hydrogens is 282 g/mol. The molecule has 0 bridgehead atoms. The molecule has 0 radical (unpaired) electrons. The van der Waals surface area contributed by atoms with Gasteiger partial charge < -0.3 is 5.73 Å². The van der Waals surface area contributed by atoms with Crippen LogP contribution >= 0.6 is 0 Å². The van der Waals surface area contributed by atoms with Crippen LogP contribution in [0.3, 0.4) is 0 Å². The minimum absolute atomic E-state index is 0.152. The third-order valence-corrected chi connectivity index (χ3v) is 4.67. The van der Waals surface area contributed by atoms with Gasteiger partial charge in [0, 0.05) is 17.8 Å². The molecule has 1 aromatic carbocycles. The highest BCUT2D eigenvalue weighted by Crippen LogP contribution is 2.27. The van der Waals surface area contributed by atoms with Gasteiger partial charge in [-0.2, -0.15) is 0 Å². The zero-order chi connectivity index (χ0) is 15.7. The fraction of sp³-hybridized carbons (Fsp3) is 0.500. The first-order chi connectivity index (χ1) is 8.95. The Morgan fingerprint density at radius 2 is 1.90 bits per heavy atom. The van der Waals surface area contributed by atoms with Gasteiger partial charge in [-0.05, 0) is 24.5 Å². The zero-order valence-corrected chi connectivity index (χ0v) is 12.7. The Morgan fingerprint density at radius 3 is 2.35 bits per heavy atom. The quantitative estimate of drug-likeness (QED) is 0.500. The van der Waals surface area contributed by atoms with E-state index in [1.165, 1.54) is 6.07 Å². The van der Waals surface area contributed by atoms with Crippen LogP contribution in [0.25, 0.3) is 0 Å². The first-order valence-corrected chi connectivity index (χ1v) is 7.49. The fourth-order valence-electron chi connectivity index (χ4n) is 1.37. The normalized spacial score (nSPS) is 14.0. The van der Waals surface area contributed by atoms with Gasteiger partial charge in [-0.1, -0.05) is 20.8 Å². The summed E-state index contributed by atoms with van der Waals surface area (Å²) in [5.41, 5.74) is 4.87. The standard InChI is InChI=1S/C12H19N3O4S/c1-8(12(2,3)4)14-20(18,19)11-7-9(13)5-6-10(11)15(16)17/h5-8,14H,13H2,1-4H3. The van der Waals surface area contributed by atoms with Gasteiger partial charge in [-0.15, -0.1) is 0 Å². The number of nitrogens with two attached hydrogens (primary N) is 1. The molecule has 0 aliphatic rings. The number of nitrogens with zero attached hydrogens (tertiary/aromatic N) is 1. The van der Waals surface area contributed by atoms with Gasteiger partial charge in [0.2, 0.25) is 10.0 Å². The van der Waals surface area contributed by atoms with Crippen molar-refractivity contribution in [3.05, 3.63) is 28.3 Å². The topological polar surface area (TPSA) is 115 Å². The van der Waals surface area contributed by atoms with Gasteiger partial charge >= 0.3 is 0 Å². The van der Waals surface area contributed by atoms with Crippen LogP contribution < -0.4 is 10.5 Å². The van der Waals surface area contributed by atoms with Crippen LogP contribution in [0.15, 0.2) is 23.1 Å². The number of hydrogen-bond acceptors (Lipinski definition) is 5. The molecule has 112 valence electrons. The molecule has 0 saturated heterocycles. The summed E-state index contributed by atoms with van der Waals surface area (Å²) in [4.78, 5) is 9.78. The average molecular weight is 301 g/mol. The maximum Gasteiger partial charge on any atom is 0.289 e. The molecule has 1 atom stereocenters. The van der Waals surface area contributed by atoms with Crippen LogP contribution in [-0.2, 0) is 10.0 Å². The lowest BCUT2D eigenvalue weighted by Crippen LogP contribution is -2.41. The van der Waals surface area contributed by atoms with Crippen molar-refractivity contribution in [2.45, 2.75) is 38.6 Å². The van der Waals surface area contributed by atoms with Gasteiger partial charge in [0.1, 0.15) is 0 Å². The first kappa shape index (κ1) is 16.4. The predicted molar refractivity (Wildman–Crippen MR) is 76.7 cm³/mol. The van der Waals surface area contributed by atoms with Crippen molar-refractivity contribution in [2.24, 2.45) is 5.41 Å². The summed E-state index contributed by atoms with van der Waals surface area (Å²) < 4.78 is 27.0. The summed E-state index contributed by atoms with van der Waals surface area (Å²) in [5.74, 6) is 0. The highest BCUT2D eigenvalue weighted by Gasteiger charge is 2.30. The maximum absolute atomic E-state index is 12.3. The number of hydrogen-bond donors (Lipinski definition) is 2. The second kappa shape index (κ2) is 5.37. The smallest absolute Gasteiger partial charge is 0.289 e. The Labute approximate surface area is 118 Å². The van der Waals surface area contributed by atoms with Gasteiger partial charge in [-0.25, -0.2) is 13.1 Å². The van der Waals surface area contributed by atoms with Crippen molar-refractivity contribution in [3.63, 3.8) is 0 Å². The van der Waals surface area contributed by atoms with Crippen LogP contribution in [-0.4, -0.2) is 19.4 Å². The SMILES string of the molecule is CC(NS(=O)(=O)c1cc(N)ccc1[N+](=O)[O-])C(C)(C)C. The number of anilines is 1. The molecule has 7 nitrogen and oxygen atoms in total. The molecule has 0 aliphatic carbocycles. The van der Waals surface area contributed by atoms with Crippen LogP contribution in [0.4, 0.5) is 11.4 Å². The number of nitrogen functional groups attached to an aromatic ring is 1. The summed E-state index contributed by atoms with van der Waals surface area (Å²) in [6, 6.07) is 3.08. The molecule has 8 heteroatoms. The van der Waals surface area contributed by atoms with Crippen molar-refractivity contribution in [2.75, 3.05) is 5.73 Å². The third-order valence-electron chi connectivity index (χ3n) is 3.10. The Kier molecular flexibility index (Phi) is 4.40. The lowest BCUT2D eigenvalue weighted by atomic mass is 9.89. The van der Waals surface area contributed by atoms with E-state index in [1.54, 1.807) is 6.92 Å². The molecule has 0 saturated carbocycles. The van der Waals surface area contributed by atoms with Gasteiger partial charge in [0.15, 0.2) is 4.90 Å². The van der Waals surface area contributed by atoms with E-state index in [0.717, 1.165) is 12.1 Å². The van der Waals surface area contributed by atoms with Crippen LogP contribution in [0.2, 0.25) is 0 Å². The molecule has 0 amide bonds. The lowest BCUT2D eigenvalue weighted by molar-refractivity contribution is -0.387. The van der Waals surface area contributed by atoms with Gasteiger partial charge in [0.05, 0.1) is 4.92 Å². The first-order valence-electron chi connectivity index (χ1n) is 6.01. The van der Waals surface area contributed by atoms with E-state index >= 15 is 0 Å². The number of sulfonamides is 1. The van der Waals surface area contributed by atoms with Crippen molar-refractivity contribution < 1.29 is 13.3 Å². The van der Waals surface area contributed by atoms with E-state index in [4.69, 9.17) is 5.73 Å². The molecule has 1 rings (SSSR count). The zero-order valence-electron chi connectivity index (χ0n) is 11.9. The van der Waals surface area contributed by atoms with Crippen molar-refractivity contribution >= 4 is 21.4 Å². The Balaban J connectivity index is 3.29. The highest BCUT2D eigenvalue weighted by atomic mass is 32.2. The number of benzene rings is 1. The lowest BCUT2D eigenvalue weighted by Gasteiger charge is -2.27. The van der Waals surface area contributed by atoms with Crippen LogP contribution in [0, 0.1) is 15.5 Å². The molecule has 1 aromatic rings. The summed E-state index contributed by atoms with van der Waals surface area (Å²) >= 11 is 0. The summed E-state index contributed by atoms with van der Waals surface area (Å²) in [5, 5.41) is 10.9. The Bertz CT molecular complexity index is 620. The number of rotatable bonds is 4. The van der Waals surface area contributed by atoms with Crippen molar-refractivity contribution in [1.29, 1.82) is 0 Å². The minimum atomic E-state index is -4.01. The van der Waals surface area contributed by atoms with E-state index in [9.17, 15) is 18.5 Å². The summed E-state index contributed by atoms with van der Waals surface area (Å²) in [6.45, 7) is 7.31. The molecule has 0 aliphatic heterocycles. The van der Waals surface area contributed by atoms with Gasteiger partial charge in [-0.3, -0.25) is 10.1 Å². The predicted octanol–water partition coefficient (Wildman–Crippen LogP) is 1.89. The Hall–Kier alpha value is -1.67. The molecule has 0 fully saturated rings. The summed E-state index contributed by atoms with van der Waals surface area (Å²) in [6.07, 6.45) is 0. The second-order valence-electron chi connectivity index (χ2n) is 5.69. The number of nitrogens with one attached hydrogen (secondary N) is 1. The average Bonchev–Trinajstić information content (AvgIpc) is 2.26. The fourth-order valence-corrected chi connectivity index (χ4v) is 3.02. The Morgan fingerprint density at radius 1 is 1.35 bits per heavy atom.